The van der Waals surface area contributed by atoms with E-state index in [-0.39, 0.29) is 24.7 Å². The molecule has 0 unspecified atom stereocenters. The van der Waals surface area contributed by atoms with Gasteiger partial charge in [-0.2, -0.15) is 0 Å². The van der Waals surface area contributed by atoms with Gasteiger partial charge >= 0.3 is 12.1 Å². The van der Waals surface area contributed by atoms with Gasteiger partial charge in [-0.1, -0.05) is 42.5 Å². The van der Waals surface area contributed by atoms with Gasteiger partial charge in [0.25, 0.3) is 0 Å². The number of benzene rings is 2. The predicted molar refractivity (Wildman–Crippen MR) is 96.7 cm³/mol. The Balaban J connectivity index is 1.69. The van der Waals surface area contributed by atoms with E-state index < -0.39 is 0 Å². The molecule has 1 atom stereocenters. The molecule has 26 heavy (non-hydrogen) atoms. The summed E-state index contributed by atoms with van der Waals surface area (Å²) in [5.41, 5.74) is 2.38. The first-order valence-corrected chi connectivity index (χ1v) is 8.55. The molecule has 1 N–H and O–H groups in total. The molecular weight excluding hydrogens is 332 g/mol. The van der Waals surface area contributed by atoms with Crippen LogP contribution in [0.3, 0.4) is 0 Å². The normalized spacial score (nSPS) is 16.8. The molecule has 0 saturated carbocycles. The third kappa shape index (κ3) is 4.21. The Labute approximate surface area is 152 Å². The lowest BCUT2D eigenvalue weighted by Gasteiger charge is -2.35. The van der Waals surface area contributed by atoms with E-state index in [4.69, 9.17) is 9.47 Å². The number of piperazine rings is 1. The average Bonchev–Trinajstić information content (AvgIpc) is 2.72. The summed E-state index contributed by atoms with van der Waals surface area (Å²) >= 11 is 0. The number of methoxy groups -OCH3 is 1. The van der Waals surface area contributed by atoms with E-state index in [1.54, 1.807) is 17.0 Å². The molecule has 1 aliphatic rings. The summed E-state index contributed by atoms with van der Waals surface area (Å²) in [6.45, 7) is 2.17. The maximum atomic E-state index is 12.6. The van der Waals surface area contributed by atoms with E-state index in [2.05, 4.69) is 5.32 Å². The van der Waals surface area contributed by atoms with Gasteiger partial charge in [0.15, 0.2) is 0 Å². The summed E-state index contributed by atoms with van der Waals surface area (Å²) in [5.74, 6) is -0.377. The standard InChI is InChI=1S/C20H22N2O4/c1-25-19(23)17-9-7-16(8-10-17)18-13-21-11-12-22(18)20(24)26-14-15-5-3-2-4-6-15/h2-10,18,21H,11-14H2,1H3/t18-/m1/s1. The monoisotopic (exact) mass is 354 g/mol. The van der Waals surface area contributed by atoms with E-state index in [0.717, 1.165) is 17.7 Å². The summed E-state index contributed by atoms with van der Waals surface area (Å²) < 4.78 is 10.2. The maximum absolute atomic E-state index is 12.6. The minimum atomic E-state index is -0.377. The number of amides is 1. The molecule has 1 fully saturated rings. The second-order valence-electron chi connectivity index (χ2n) is 6.07. The van der Waals surface area contributed by atoms with Gasteiger partial charge in [0.05, 0.1) is 18.7 Å². The number of rotatable bonds is 4. The van der Waals surface area contributed by atoms with Crippen LogP contribution in [0.2, 0.25) is 0 Å². The van der Waals surface area contributed by atoms with Crippen LogP contribution in [0.4, 0.5) is 4.79 Å². The fraction of sp³-hybridized carbons (Fsp3) is 0.300. The summed E-state index contributed by atoms with van der Waals surface area (Å²) in [4.78, 5) is 25.9. The highest BCUT2D eigenvalue weighted by molar-refractivity contribution is 5.89. The Hall–Kier alpha value is -2.86. The van der Waals surface area contributed by atoms with E-state index in [1.165, 1.54) is 7.11 Å². The number of nitrogens with one attached hydrogen (secondary N) is 1. The lowest BCUT2D eigenvalue weighted by Crippen LogP contribution is -2.48. The highest BCUT2D eigenvalue weighted by Gasteiger charge is 2.29. The summed E-state index contributed by atoms with van der Waals surface area (Å²) in [6.07, 6.45) is -0.336. The lowest BCUT2D eigenvalue weighted by atomic mass is 10.0. The second-order valence-corrected chi connectivity index (χ2v) is 6.07. The van der Waals surface area contributed by atoms with Crippen molar-refractivity contribution in [3.8, 4) is 0 Å². The Morgan fingerprint density at radius 2 is 1.85 bits per heavy atom. The molecule has 1 aliphatic heterocycles. The summed E-state index contributed by atoms with van der Waals surface area (Å²) in [5, 5.41) is 3.30. The van der Waals surface area contributed by atoms with Crippen molar-refractivity contribution in [1.82, 2.24) is 10.2 Å². The molecule has 6 nitrogen and oxygen atoms in total. The van der Waals surface area contributed by atoms with Crippen LogP contribution in [-0.4, -0.2) is 43.7 Å². The van der Waals surface area contributed by atoms with Crippen LogP contribution >= 0.6 is 0 Å². The third-order valence-corrected chi connectivity index (χ3v) is 4.40. The molecule has 0 spiro atoms. The number of hydrogen-bond acceptors (Lipinski definition) is 5. The molecular formula is C20H22N2O4. The van der Waals surface area contributed by atoms with Crippen molar-refractivity contribution in [2.75, 3.05) is 26.7 Å². The molecule has 0 aromatic heterocycles. The van der Waals surface area contributed by atoms with Gasteiger partial charge in [-0.25, -0.2) is 9.59 Å². The van der Waals surface area contributed by atoms with Crippen LogP contribution in [-0.2, 0) is 16.1 Å². The maximum Gasteiger partial charge on any atom is 0.410 e. The van der Waals surface area contributed by atoms with Crippen molar-refractivity contribution in [3.05, 3.63) is 71.3 Å². The Morgan fingerprint density at radius 3 is 2.54 bits per heavy atom. The SMILES string of the molecule is COC(=O)c1ccc([C@H]2CNCCN2C(=O)OCc2ccccc2)cc1. The van der Waals surface area contributed by atoms with Crippen LogP contribution in [0.25, 0.3) is 0 Å². The quantitative estimate of drug-likeness (QED) is 0.855. The van der Waals surface area contributed by atoms with Gasteiger partial charge in [-0.15, -0.1) is 0 Å². The summed E-state index contributed by atoms with van der Waals surface area (Å²) in [6, 6.07) is 16.6. The Bertz CT molecular complexity index is 746. The second kappa shape index (κ2) is 8.49. The van der Waals surface area contributed by atoms with Crippen molar-refractivity contribution in [2.24, 2.45) is 0 Å². The van der Waals surface area contributed by atoms with Crippen molar-refractivity contribution in [3.63, 3.8) is 0 Å². The number of carbonyl (C=O) groups excluding carboxylic acids is 2. The van der Waals surface area contributed by atoms with Crippen molar-refractivity contribution >= 4 is 12.1 Å². The molecule has 0 bridgehead atoms. The lowest BCUT2D eigenvalue weighted by molar-refractivity contribution is 0.0599. The predicted octanol–water partition coefficient (Wildman–Crippen LogP) is 2.76. The highest BCUT2D eigenvalue weighted by atomic mass is 16.6. The number of esters is 1. The van der Waals surface area contributed by atoms with Gasteiger partial charge in [0.1, 0.15) is 6.61 Å². The molecule has 2 aromatic carbocycles. The van der Waals surface area contributed by atoms with E-state index in [9.17, 15) is 9.59 Å². The van der Waals surface area contributed by atoms with Gasteiger partial charge in [-0.05, 0) is 23.3 Å². The van der Waals surface area contributed by atoms with Gasteiger partial charge < -0.3 is 14.8 Å². The van der Waals surface area contributed by atoms with E-state index in [1.807, 2.05) is 42.5 Å². The smallest absolute Gasteiger partial charge is 0.410 e. The average molecular weight is 354 g/mol. The highest BCUT2D eigenvalue weighted by Crippen LogP contribution is 2.24. The first-order valence-electron chi connectivity index (χ1n) is 8.55. The number of ether oxygens (including phenoxy) is 2. The third-order valence-electron chi connectivity index (χ3n) is 4.40. The number of nitrogens with zero attached hydrogens (tertiary/aromatic N) is 1. The van der Waals surface area contributed by atoms with Gasteiger partial charge in [0, 0.05) is 19.6 Å². The molecule has 2 aromatic rings. The molecule has 0 radical (unpaired) electrons. The van der Waals surface area contributed by atoms with Crippen LogP contribution in [0.15, 0.2) is 54.6 Å². The fourth-order valence-electron chi connectivity index (χ4n) is 2.98. The van der Waals surface area contributed by atoms with Gasteiger partial charge in [-0.3, -0.25) is 4.90 Å². The van der Waals surface area contributed by atoms with Crippen molar-refractivity contribution in [1.29, 1.82) is 0 Å². The van der Waals surface area contributed by atoms with Crippen LogP contribution in [0, 0.1) is 0 Å². The van der Waals surface area contributed by atoms with E-state index >= 15 is 0 Å². The van der Waals surface area contributed by atoms with Crippen LogP contribution in [0.1, 0.15) is 27.5 Å². The van der Waals surface area contributed by atoms with Crippen LogP contribution < -0.4 is 5.32 Å². The largest absolute Gasteiger partial charge is 0.465 e. The van der Waals surface area contributed by atoms with Crippen LogP contribution in [0.5, 0.6) is 0 Å². The Morgan fingerprint density at radius 1 is 1.12 bits per heavy atom. The number of hydrogen-bond donors (Lipinski definition) is 1. The van der Waals surface area contributed by atoms with Crippen molar-refractivity contribution < 1.29 is 19.1 Å². The first kappa shape index (κ1) is 17.9. The molecule has 3 rings (SSSR count). The summed E-state index contributed by atoms with van der Waals surface area (Å²) in [7, 11) is 1.35. The van der Waals surface area contributed by atoms with Gasteiger partial charge in [0.2, 0.25) is 0 Å². The Kier molecular flexibility index (Phi) is 5.86. The topological polar surface area (TPSA) is 67.9 Å². The molecule has 1 saturated heterocycles. The minimum Gasteiger partial charge on any atom is -0.465 e. The molecule has 1 amide bonds. The first-order chi connectivity index (χ1) is 12.7. The zero-order valence-corrected chi connectivity index (χ0v) is 14.7. The minimum absolute atomic E-state index is 0.140. The molecule has 6 heteroatoms. The molecule has 136 valence electrons. The number of carbonyl (C=O) groups is 2. The molecule has 1 heterocycles. The van der Waals surface area contributed by atoms with E-state index in [0.29, 0.717) is 18.7 Å². The zero-order chi connectivity index (χ0) is 18.4. The fourth-order valence-corrected chi connectivity index (χ4v) is 2.98. The molecule has 0 aliphatic carbocycles. The van der Waals surface area contributed by atoms with Crippen molar-refractivity contribution in [2.45, 2.75) is 12.6 Å². The zero-order valence-electron chi connectivity index (χ0n) is 14.7.